The summed E-state index contributed by atoms with van der Waals surface area (Å²) in [6.07, 6.45) is 4.75. The first-order valence-electron chi connectivity index (χ1n) is 24.0. The van der Waals surface area contributed by atoms with E-state index in [1.807, 2.05) is 0 Å². The Morgan fingerprint density at radius 3 is 1.48 bits per heavy atom. The minimum absolute atomic E-state index is 0.00394. The summed E-state index contributed by atoms with van der Waals surface area (Å²) in [6.45, 7) is 28.5. The van der Waals surface area contributed by atoms with Gasteiger partial charge in [-0.05, 0) is 151 Å². The van der Waals surface area contributed by atoms with Crippen LogP contribution in [-0.2, 0) is 27.1 Å². The van der Waals surface area contributed by atoms with Crippen LogP contribution in [-0.4, -0.2) is 0 Å². The van der Waals surface area contributed by atoms with Gasteiger partial charge in [-0.15, -0.1) is 0 Å². The molecule has 0 radical (unpaired) electrons. The van der Waals surface area contributed by atoms with Crippen molar-refractivity contribution in [3.63, 3.8) is 0 Å². The van der Waals surface area contributed by atoms with Crippen molar-refractivity contribution in [3.8, 4) is 33.4 Å². The average Bonchev–Trinajstić information content (AvgIpc) is 3.93. The maximum absolute atomic E-state index is 2.64. The first-order chi connectivity index (χ1) is 30.3. The second-order valence-corrected chi connectivity index (χ2v) is 24.0. The molecule has 0 saturated carbocycles. The van der Waals surface area contributed by atoms with Gasteiger partial charge in [0.2, 0.25) is 0 Å². The van der Waals surface area contributed by atoms with Gasteiger partial charge in [-0.3, -0.25) is 0 Å². The van der Waals surface area contributed by atoms with E-state index in [2.05, 4.69) is 217 Å². The molecule has 12 rings (SSSR count). The Hall–Kier alpha value is -5.72. The lowest BCUT2D eigenvalue weighted by atomic mass is 9.61. The number of hydrogen-bond donors (Lipinski definition) is 0. The molecule has 318 valence electrons. The SMILES string of the molecule is CC(C)(C)C1=CC2=C(CC1)C1(c3ccc(C(C)(C)C)cc32)c2ccccc2-c2ccc3c(c21)C1(c2ccc(C(C)(C)C)cc2-c2cc(C(C)(C)C)ccc21)c1ccc2ccccc2c1-3. The molecule has 5 aliphatic rings. The number of rotatable bonds is 0. The predicted octanol–water partition coefficient (Wildman–Crippen LogP) is 16.9. The summed E-state index contributed by atoms with van der Waals surface area (Å²) in [4.78, 5) is 0. The molecule has 2 spiro atoms. The molecule has 0 heteroatoms. The van der Waals surface area contributed by atoms with Crippen molar-refractivity contribution in [3.05, 3.63) is 206 Å². The van der Waals surface area contributed by atoms with Crippen molar-refractivity contribution < 1.29 is 0 Å². The highest BCUT2D eigenvalue weighted by atomic mass is 14.6. The number of allylic oxidation sites excluding steroid dienone is 4. The molecule has 0 saturated heterocycles. The van der Waals surface area contributed by atoms with Crippen molar-refractivity contribution in [2.45, 2.75) is 123 Å². The lowest BCUT2D eigenvalue weighted by molar-refractivity contribution is 0.477. The van der Waals surface area contributed by atoms with Crippen molar-refractivity contribution >= 4 is 16.3 Å². The molecule has 0 bridgehead atoms. The van der Waals surface area contributed by atoms with Crippen LogP contribution in [0.5, 0.6) is 0 Å². The molecule has 0 aromatic heterocycles. The largest absolute Gasteiger partial charge is 0.0729 e. The van der Waals surface area contributed by atoms with Crippen LogP contribution >= 0.6 is 0 Å². The second kappa shape index (κ2) is 12.5. The fourth-order valence-corrected chi connectivity index (χ4v) is 13.1. The second-order valence-electron chi connectivity index (χ2n) is 24.0. The fourth-order valence-electron chi connectivity index (χ4n) is 13.1. The van der Waals surface area contributed by atoms with Crippen molar-refractivity contribution in [1.29, 1.82) is 0 Å². The summed E-state index contributed by atoms with van der Waals surface area (Å²) in [6, 6.07) is 51.4. The van der Waals surface area contributed by atoms with Gasteiger partial charge in [-0.25, -0.2) is 0 Å². The van der Waals surface area contributed by atoms with Gasteiger partial charge in [-0.1, -0.05) is 222 Å². The summed E-state index contributed by atoms with van der Waals surface area (Å²) in [5.74, 6) is 0. The lowest BCUT2D eigenvalue weighted by Gasteiger charge is -2.40. The van der Waals surface area contributed by atoms with Gasteiger partial charge in [-0.2, -0.15) is 0 Å². The highest BCUT2D eigenvalue weighted by Gasteiger charge is 2.61. The Kier molecular flexibility index (Phi) is 7.81. The smallest absolute Gasteiger partial charge is 0.0639 e. The van der Waals surface area contributed by atoms with Crippen molar-refractivity contribution in [2.75, 3.05) is 0 Å². The standard InChI is InChI=1S/C64H62/c1-59(2,3)38-22-29-51-46(33-38)47-34-39(60(4,5)6)23-30-52(47)63(51)50-20-16-15-19-43(50)44-26-27-45-56-42-18-14-13-17-37(42)21-28-55(56)64(58(45)57(44)63)53-31-24-40(61(7,8)9)35-48(53)49-36-41(62(10,11)12)25-32-54(49)64/h13-22,24-29,31-36H,23,30H2,1-12H3. The molecule has 7 aromatic carbocycles. The Balaban J connectivity index is 1.30. The Labute approximate surface area is 382 Å². The summed E-state index contributed by atoms with van der Waals surface area (Å²) < 4.78 is 0. The van der Waals surface area contributed by atoms with Gasteiger partial charge < -0.3 is 0 Å². The van der Waals surface area contributed by atoms with Crippen molar-refractivity contribution in [2.24, 2.45) is 5.41 Å². The van der Waals surface area contributed by atoms with Gasteiger partial charge in [0.15, 0.2) is 0 Å². The highest BCUT2D eigenvalue weighted by molar-refractivity contribution is 6.09. The third kappa shape index (κ3) is 4.96. The first kappa shape index (κ1) is 39.8. The maximum Gasteiger partial charge on any atom is 0.0729 e. The summed E-state index contributed by atoms with van der Waals surface area (Å²) in [7, 11) is 0. The van der Waals surface area contributed by atoms with Gasteiger partial charge >= 0.3 is 0 Å². The van der Waals surface area contributed by atoms with E-state index in [1.54, 1.807) is 11.1 Å². The Morgan fingerprint density at radius 2 is 0.875 bits per heavy atom. The molecule has 0 N–H and O–H groups in total. The molecule has 1 unspecified atom stereocenters. The number of fused-ring (bicyclic) bond motifs is 22. The Morgan fingerprint density at radius 1 is 0.375 bits per heavy atom. The molecule has 64 heavy (non-hydrogen) atoms. The third-order valence-electron chi connectivity index (χ3n) is 16.3. The summed E-state index contributed by atoms with van der Waals surface area (Å²) in [5, 5.41) is 2.64. The maximum atomic E-state index is 2.64. The normalized spacial score (nSPS) is 18.7. The van der Waals surface area contributed by atoms with E-state index in [1.165, 1.54) is 111 Å². The van der Waals surface area contributed by atoms with Gasteiger partial charge in [0.1, 0.15) is 0 Å². The van der Waals surface area contributed by atoms with E-state index in [4.69, 9.17) is 0 Å². The van der Waals surface area contributed by atoms with Crippen LogP contribution in [0.2, 0.25) is 0 Å². The number of benzene rings is 7. The molecule has 0 aliphatic heterocycles. The zero-order valence-electron chi connectivity index (χ0n) is 40.1. The molecule has 5 aliphatic carbocycles. The summed E-state index contributed by atoms with van der Waals surface area (Å²) >= 11 is 0. The van der Waals surface area contributed by atoms with E-state index in [0.717, 1.165) is 12.8 Å². The lowest BCUT2D eigenvalue weighted by Crippen LogP contribution is -2.34. The van der Waals surface area contributed by atoms with Gasteiger partial charge in [0.05, 0.1) is 10.8 Å². The van der Waals surface area contributed by atoms with Crippen molar-refractivity contribution in [1.82, 2.24) is 0 Å². The van der Waals surface area contributed by atoms with Crippen LogP contribution in [0.4, 0.5) is 0 Å². The summed E-state index contributed by atoms with van der Waals surface area (Å²) in [5.41, 5.74) is 27.8. The molecule has 0 fully saturated rings. The zero-order chi connectivity index (χ0) is 44.7. The molecule has 1 atom stereocenters. The first-order valence-corrected chi connectivity index (χ1v) is 24.0. The zero-order valence-corrected chi connectivity index (χ0v) is 40.1. The van der Waals surface area contributed by atoms with Crippen LogP contribution in [0.3, 0.4) is 0 Å². The van der Waals surface area contributed by atoms with Crippen LogP contribution in [0, 0.1) is 5.41 Å². The molecular weight excluding hydrogens is 769 g/mol. The quantitative estimate of drug-likeness (QED) is 0.143. The van der Waals surface area contributed by atoms with E-state index < -0.39 is 10.8 Å². The van der Waals surface area contributed by atoms with E-state index >= 15 is 0 Å². The molecule has 7 aromatic rings. The van der Waals surface area contributed by atoms with Gasteiger partial charge in [0.25, 0.3) is 0 Å². The minimum atomic E-state index is -0.539. The third-order valence-corrected chi connectivity index (χ3v) is 16.3. The minimum Gasteiger partial charge on any atom is -0.0639 e. The number of hydrogen-bond acceptors (Lipinski definition) is 0. The van der Waals surface area contributed by atoms with Crippen LogP contribution in [0.1, 0.15) is 157 Å². The predicted molar refractivity (Wildman–Crippen MR) is 272 cm³/mol. The van der Waals surface area contributed by atoms with Crippen LogP contribution in [0.25, 0.3) is 49.7 Å². The van der Waals surface area contributed by atoms with E-state index in [9.17, 15) is 0 Å². The average molecular weight is 831 g/mol. The monoisotopic (exact) mass is 830 g/mol. The van der Waals surface area contributed by atoms with Gasteiger partial charge in [0, 0.05) is 0 Å². The molecule has 0 nitrogen and oxygen atoms in total. The molecule has 0 heterocycles. The Bertz CT molecular complexity index is 3230. The van der Waals surface area contributed by atoms with E-state index in [-0.39, 0.29) is 21.7 Å². The highest BCUT2D eigenvalue weighted by Crippen LogP contribution is 2.72. The molecule has 0 amide bonds. The van der Waals surface area contributed by atoms with Crippen LogP contribution < -0.4 is 0 Å². The van der Waals surface area contributed by atoms with E-state index in [0.29, 0.717) is 0 Å². The fraction of sp³-hybridized carbons (Fsp3) is 0.312. The van der Waals surface area contributed by atoms with Crippen LogP contribution in [0.15, 0.2) is 145 Å². The topological polar surface area (TPSA) is 0 Å². The molecular formula is C64H62.